The molecule has 4 rings (SSSR count). The van der Waals surface area contributed by atoms with Crippen LogP contribution < -0.4 is 15.8 Å². The van der Waals surface area contributed by atoms with E-state index in [-0.39, 0.29) is 18.0 Å². The Morgan fingerprint density at radius 2 is 1.96 bits per heavy atom. The van der Waals surface area contributed by atoms with Gasteiger partial charge in [-0.25, -0.2) is 4.68 Å². The van der Waals surface area contributed by atoms with Gasteiger partial charge in [-0.1, -0.05) is 29.8 Å². The number of fused-ring (bicyclic) bond motifs is 1. The summed E-state index contributed by atoms with van der Waals surface area (Å²) in [6.07, 6.45) is 1.59. The Kier molecular flexibility index (Phi) is 5.54. The number of nitrogens with zero attached hydrogens (tertiary/aromatic N) is 3. The van der Waals surface area contributed by atoms with Crippen molar-refractivity contribution in [2.75, 3.05) is 34.8 Å². The molecule has 1 aliphatic rings. The minimum absolute atomic E-state index is 0.160. The number of carbonyl (C=O) groups is 1. The molecule has 1 fully saturated rings. The summed E-state index contributed by atoms with van der Waals surface area (Å²) in [5.41, 5.74) is 1.29. The summed E-state index contributed by atoms with van der Waals surface area (Å²) < 4.78 is 1.17. The highest BCUT2D eigenvalue weighted by molar-refractivity contribution is 7.99. The number of halogens is 1. The first-order chi connectivity index (χ1) is 13.6. The van der Waals surface area contributed by atoms with Gasteiger partial charge in [0.1, 0.15) is 6.54 Å². The van der Waals surface area contributed by atoms with E-state index in [4.69, 9.17) is 11.6 Å². The number of carbonyl (C=O) groups excluding carboxylic acids is 1. The maximum atomic E-state index is 12.5. The van der Waals surface area contributed by atoms with Crippen LogP contribution in [0.25, 0.3) is 10.8 Å². The van der Waals surface area contributed by atoms with Crippen LogP contribution in [0.3, 0.4) is 0 Å². The molecule has 0 bridgehead atoms. The smallest absolute Gasteiger partial charge is 0.275 e. The number of rotatable bonds is 4. The zero-order chi connectivity index (χ0) is 19.5. The molecule has 144 valence electrons. The average Bonchev–Trinajstić information content (AvgIpc) is 2.71. The largest absolute Gasteiger partial charge is 0.369 e. The lowest BCUT2D eigenvalue weighted by molar-refractivity contribution is -0.117. The Bertz CT molecular complexity index is 1080. The zero-order valence-corrected chi connectivity index (χ0v) is 16.7. The van der Waals surface area contributed by atoms with Crippen LogP contribution >= 0.6 is 23.4 Å². The molecular formula is C20H19ClN4O2S. The predicted molar refractivity (Wildman–Crippen MR) is 116 cm³/mol. The molecular weight excluding hydrogens is 396 g/mol. The molecule has 1 amide bonds. The minimum atomic E-state index is -0.330. The SMILES string of the molecule is O=C(Cn1ncc2ccccc2c1=O)Nc1ccc(N2CCSCC2)c(Cl)c1. The highest BCUT2D eigenvalue weighted by atomic mass is 35.5. The average molecular weight is 415 g/mol. The molecule has 2 heterocycles. The number of anilines is 2. The Hall–Kier alpha value is -2.51. The minimum Gasteiger partial charge on any atom is -0.369 e. The summed E-state index contributed by atoms with van der Waals surface area (Å²) in [7, 11) is 0. The highest BCUT2D eigenvalue weighted by Crippen LogP contribution is 2.30. The quantitative estimate of drug-likeness (QED) is 0.709. The predicted octanol–water partition coefficient (Wildman–Crippen LogP) is 3.24. The molecule has 2 aromatic carbocycles. The molecule has 6 nitrogen and oxygen atoms in total. The van der Waals surface area contributed by atoms with E-state index >= 15 is 0 Å². The summed E-state index contributed by atoms with van der Waals surface area (Å²) in [6.45, 7) is 1.77. The topological polar surface area (TPSA) is 67.2 Å². The maximum absolute atomic E-state index is 12.5. The standard InChI is InChI=1S/C20H19ClN4O2S/c21-17-11-15(5-6-18(17)24-7-9-28-10-8-24)23-19(26)13-25-20(27)16-4-2-1-3-14(16)12-22-25/h1-6,11-12H,7-10,13H2,(H,23,26). The van der Waals surface area contributed by atoms with Crippen molar-refractivity contribution in [2.45, 2.75) is 6.54 Å². The lowest BCUT2D eigenvalue weighted by Crippen LogP contribution is -2.32. The molecule has 8 heteroatoms. The van der Waals surface area contributed by atoms with Crippen LogP contribution in [0.4, 0.5) is 11.4 Å². The van der Waals surface area contributed by atoms with E-state index in [1.807, 2.05) is 36.0 Å². The zero-order valence-electron chi connectivity index (χ0n) is 15.1. The van der Waals surface area contributed by atoms with E-state index in [2.05, 4.69) is 15.3 Å². The third-order valence-corrected chi connectivity index (χ3v) is 5.88. The van der Waals surface area contributed by atoms with Gasteiger partial charge in [0.05, 0.1) is 22.3 Å². The Balaban J connectivity index is 1.47. The van der Waals surface area contributed by atoms with Gasteiger partial charge in [0.15, 0.2) is 0 Å². The molecule has 0 saturated carbocycles. The first-order valence-electron chi connectivity index (χ1n) is 8.99. The van der Waals surface area contributed by atoms with Crippen molar-refractivity contribution in [1.82, 2.24) is 9.78 Å². The van der Waals surface area contributed by atoms with E-state index in [0.717, 1.165) is 35.7 Å². The van der Waals surface area contributed by atoms with Crippen LogP contribution in [0.5, 0.6) is 0 Å². The molecule has 1 N–H and O–H groups in total. The van der Waals surface area contributed by atoms with E-state index in [1.165, 1.54) is 4.68 Å². The van der Waals surface area contributed by atoms with Gasteiger partial charge in [-0.05, 0) is 24.3 Å². The molecule has 28 heavy (non-hydrogen) atoms. The summed E-state index contributed by atoms with van der Waals surface area (Å²) in [5, 5.41) is 8.77. The first-order valence-corrected chi connectivity index (χ1v) is 10.5. The van der Waals surface area contributed by atoms with Crippen LogP contribution in [0.1, 0.15) is 0 Å². The summed E-state index contributed by atoms with van der Waals surface area (Å²) >= 11 is 8.37. The fraction of sp³-hybridized carbons (Fsp3) is 0.250. The number of hydrogen-bond acceptors (Lipinski definition) is 5. The lowest BCUT2D eigenvalue weighted by atomic mass is 10.2. The van der Waals surface area contributed by atoms with E-state index in [1.54, 1.807) is 24.4 Å². The van der Waals surface area contributed by atoms with Crippen molar-refractivity contribution in [3.63, 3.8) is 0 Å². The third kappa shape index (κ3) is 4.00. The van der Waals surface area contributed by atoms with Gasteiger partial charge in [0.25, 0.3) is 5.56 Å². The monoisotopic (exact) mass is 414 g/mol. The molecule has 1 aromatic heterocycles. The molecule has 0 spiro atoms. The fourth-order valence-corrected chi connectivity index (χ4v) is 4.43. The van der Waals surface area contributed by atoms with Gasteiger partial charge in [0, 0.05) is 35.7 Å². The van der Waals surface area contributed by atoms with E-state index in [0.29, 0.717) is 16.1 Å². The van der Waals surface area contributed by atoms with Crippen LogP contribution in [-0.2, 0) is 11.3 Å². The summed E-state index contributed by atoms with van der Waals surface area (Å²) in [4.78, 5) is 27.1. The molecule has 1 saturated heterocycles. The molecule has 3 aromatic rings. The van der Waals surface area contributed by atoms with Crippen LogP contribution in [-0.4, -0.2) is 40.3 Å². The second-order valence-electron chi connectivity index (χ2n) is 6.51. The fourth-order valence-electron chi connectivity index (χ4n) is 3.22. The summed E-state index contributed by atoms with van der Waals surface area (Å²) in [6, 6.07) is 12.7. The van der Waals surface area contributed by atoms with Crippen molar-refractivity contribution in [3.05, 3.63) is 64.0 Å². The number of nitrogens with one attached hydrogen (secondary N) is 1. The number of benzene rings is 2. The molecule has 0 atom stereocenters. The van der Waals surface area contributed by atoms with Gasteiger partial charge in [-0.15, -0.1) is 0 Å². The van der Waals surface area contributed by atoms with Gasteiger partial charge in [0.2, 0.25) is 5.91 Å². The third-order valence-electron chi connectivity index (χ3n) is 4.64. The van der Waals surface area contributed by atoms with Crippen molar-refractivity contribution < 1.29 is 4.79 Å². The van der Waals surface area contributed by atoms with Gasteiger partial charge in [-0.2, -0.15) is 16.9 Å². The van der Waals surface area contributed by atoms with Gasteiger partial charge < -0.3 is 10.2 Å². The Morgan fingerprint density at radius 1 is 1.18 bits per heavy atom. The molecule has 0 aliphatic carbocycles. The van der Waals surface area contributed by atoms with Crippen LogP contribution in [0.15, 0.2) is 53.5 Å². The second-order valence-corrected chi connectivity index (χ2v) is 8.14. The molecule has 0 unspecified atom stereocenters. The highest BCUT2D eigenvalue weighted by Gasteiger charge is 2.15. The summed E-state index contributed by atoms with van der Waals surface area (Å²) in [5.74, 6) is 1.84. The van der Waals surface area contributed by atoms with E-state index in [9.17, 15) is 9.59 Å². The number of aromatic nitrogens is 2. The van der Waals surface area contributed by atoms with Crippen molar-refractivity contribution in [1.29, 1.82) is 0 Å². The van der Waals surface area contributed by atoms with E-state index < -0.39 is 0 Å². The molecule has 0 radical (unpaired) electrons. The van der Waals surface area contributed by atoms with Crippen molar-refractivity contribution >= 4 is 51.4 Å². The normalized spacial score (nSPS) is 14.2. The second kappa shape index (κ2) is 8.24. The van der Waals surface area contributed by atoms with Crippen molar-refractivity contribution in [3.8, 4) is 0 Å². The van der Waals surface area contributed by atoms with Gasteiger partial charge >= 0.3 is 0 Å². The molecule has 1 aliphatic heterocycles. The number of amides is 1. The first kappa shape index (κ1) is 18.8. The Labute approximate surface area is 171 Å². The van der Waals surface area contributed by atoms with Crippen LogP contribution in [0.2, 0.25) is 5.02 Å². The van der Waals surface area contributed by atoms with Crippen molar-refractivity contribution in [2.24, 2.45) is 0 Å². The number of hydrogen-bond donors (Lipinski definition) is 1. The number of thioether (sulfide) groups is 1. The Morgan fingerprint density at radius 3 is 2.75 bits per heavy atom. The maximum Gasteiger partial charge on any atom is 0.275 e. The van der Waals surface area contributed by atoms with Crippen LogP contribution in [0, 0.1) is 0 Å². The van der Waals surface area contributed by atoms with Gasteiger partial charge in [-0.3, -0.25) is 9.59 Å². The lowest BCUT2D eigenvalue weighted by Gasteiger charge is -2.29.